The lowest BCUT2D eigenvalue weighted by Gasteiger charge is -2.42. The molecule has 9 heteroatoms. The summed E-state index contributed by atoms with van der Waals surface area (Å²) < 4.78 is 16.8. The van der Waals surface area contributed by atoms with Gasteiger partial charge in [0, 0.05) is 18.4 Å². The molecule has 2 aliphatic rings. The van der Waals surface area contributed by atoms with Gasteiger partial charge in [-0.3, -0.25) is 9.59 Å². The standard InChI is InChI=1S/C24H27N3O6/c1-27-19-10-9-17(13-22(28)31-2)33-21(19)14-32-20-11-8-16(12-18(20)23(27)29)26-24(30)25-15-6-4-3-5-7-15/h3-8,11-12,17,19,21H,9-10,13-14H2,1-2H3,(H2,25,26,30)/t17-,19+,21-/m1/s1. The second kappa shape index (κ2) is 9.91. The third-order valence-corrected chi connectivity index (χ3v) is 5.92. The van der Waals surface area contributed by atoms with Gasteiger partial charge in [-0.05, 0) is 43.2 Å². The maximum atomic E-state index is 13.3. The monoisotopic (exact) mass is 453 g/mol. The van der Waals surface area contributed by atoms with E-state index in [0.29, 0.717) is 35.5 Å². The summed E-state index contributed by atoms with van der Waals surface area (Å²) in [6.07, 6.45) is 0.880. The molecule has 0 bridgehead atoms. The quantitative estimate of drug-likeness (QED) is 0.689. The minimum absolute atomic E-state index is 0.175. The number of nitrogens with one attached hydrogen (secondary N) is 2. The average Bonchev–Trinajstić information content (AvgIpc) is 2.82. The topological polar surface area (TPSA) is 106 Å². The van der Waals surface area contributed by atoms with Gasteiger partial charge in [0.15, 0.2) is 0 Å². The van der Waals surface area contributed by atoms with Crippen LogP contribution in [0.3, 0.4) is 0 Å². The van der Waals surface area contributed by atoms with Gasteiger partial charge in [0.25, 0.3) is 5.91 Å². The van der Waals surface area contributed by atoms with E-state index < -0.39 is 6.03 Å². The number of hydrogen-bond donors (Lipinski definition) is 2. The van der Waals surface area contributed by atoms with Crippen molar-refractivity contribution >= 4 is 29.3 Å². The zero-order chi connectivity index (χ0) is 23.4. The first kappa shape index (κ1) is 22.6. The molecule has 1 saturated heterocycles. The van der Waals surface area contributed by atoms with Crippen LogP contribution in [0.1, 0.15) is 29.6 Å². The molecule has 33 heavy (non-hydrogen) atoms. The third-order valence-electron chi connectivity index (χ3n) is 5.92. The van der Waals surface area contributed by atoms with E-state index in [0.717, 1.165) is 0 Å². The highest BCUT2D eigenvalue weighted by atomic mass is 16.5. The van der Waals surface area contributed by atoms with Crippen molar-refractivity contribution in [2.45, 2.75) is 37.5 Å². The first-order chi connectivity index (χ1) is 15.9. The number of carbonyl (C=O) groups excluding carboxylic acids is 3. The number of anilines is 2. The van der Waals surface area contributed by atoms with Crippen molar-refractivity contribution in [2.75, 3.05) is 31.4 Å². The molecule has 3 atom stereocenters. The molecular formula is C24H27N3O6. The van der Waals surface area contributed by atoms with Gasteiger partial charge < -0.3 is 29.7 Å². The summed E-state index contributed by atoms with van der Waals surface area (Å²) in [5, 5.41) is 5.50. The van der Waals surface area contributed by atoms with Crippen molar-refractivity contribution in [2.24, 2.45) is 0 Å². The second-order valence-electron chi connectivity index (χ2n) is 8.10. The van der Waals surface area contributed by atoms with Gasteiger partial charge in [-0.2, -0.15) is 0 Å². The summed E-state index contributed by atoms with van der Waals surface area (Å²) in [7, 11) is 3.09. The van der Waals surface area contributed by atoms with E-state index in [2.05, 4.69) is 10.6 Å². The van der Waals surface area contributed by atoms with Crippen molar-refractivity contribution in [3.05, 3.63) is 54.1 Å². The predicted molar refractivity (Wildman–Crippen MR) is 121 cm³/mol. The summed E-state index contributed by atoms with van der Waals surface area (Å²) in [4.78, 5) is 38.9. The number of fused-ring (bicyclic) bond motifs is 2. The van der Waals surface area contributed by atoms with Crippen LogP contribution in [0.2, 0.25) is 0 Å². The van der Waals surface area contributed by atoms with Crippen LogP contribution in [-0.4, -0.2) is 61.8 Å². The van der Waals surface area contributed by atoms with Gasteiger partial charge in [-0.1, -0.05) is 18.2 Å². The molecule has 0 aliphatic carbocycles. The van der Waals surface area contributed by atoms with Crippen LogP contribution in [0.5, 0.6) is 5.75 Å². The summed E-state index contributed by atoms with van der Waals surface area (Å²) in [6.45, 7) is 0.244. The lowest BCUT2D eigenvalue weighted by atomic mass is 9.94. The van der Waals surface area contributed by atoms with E-state index in [1.165, 1.54) is 7.11 Å². The number of ether oxygens (including phenoxy) is 3. The highest BCUT2D eigenvalue weighted by molar-refractivity contribution is 6.02. The molecule has 0 unspecified atom stereocenters. The molecule has 0 saturated carbocycles. The van der Waals surface area contributed by atoms with Crippen LogP contribution in [-0.2, 0) is 14.3 Å². The molecule has 1 fully saturated rings. The molecule has 2 heterocycles. The van der Waals surface area contributed by atoms with Gasteiger partial charge in [-0.25, -0.2) is 4.79 Å². The van der Waals surface area contributed by atoms with Crippen molar-refractivity contribution < 1.29 is 28.6 Å². The van der Waals surface area contributed by atoms with Crippen LogP contribution in [0, 0.1) is 0 Å². The van der Waals surface area contributed by atoms with Crippen LogP contribution < -0.4 is 15.4 Å². The van der Waals surface area contributed by atoms with Crippen LogP contribution in [0.15, 0.2) is 48.5 Å². The Morgan fingerprint density at radius 1 is 1.09 bits per heavy atom. The Kier molecular flexibility index (Phi) is 6.79. The largest absolute Gasteiger partial charge is 0.490 e. The molecule has 2 aromatic rings. The fourth-order valence-electron chi connectivity index (χ4n) is 4.19. The van der Waals surface area contributed by atoms with Gasteiger partial charge >= 0.3 is 12.0 Å². The van der Waals surface area contributed by atoms with Crippen LogP contribution in [0.25, 0.3) is 0 Å². The van der Waals surface area contributed by atoms with Crippen molar-refractivity contribution in [3.63, 3.8) is 0 Å². The molecule has 4 rings (SSSR count). The Morgan fingerprint density at radius 3 is 2.61 bits per heavy atom. The van der Waals surface area contributed by atoms with E-state index in [9.17, 15) is 14.4 Å². The molecule has 174 valence electrons. The Labute approximate surface area is 192 Å². The highest BCUT2D eigenvalue weighted by Crippen LogP contribution is 2.32. The Hall–Kier alpha value is -3.59. The van der Waals surface area contributed by atoms with Crippen molar-refractivity contribution in [1.29, 1.82) is 0 Å². The molecule has 0 radical (unpaired) electrons. The number of benzene rings is 2. The minimum atomic E-state index is -0.411. The SMILES string of the molecule is COC(=O)C[C@H]1CC[C@H]2[C@@H](COc3ccc(NC(=O)Nc4ccccc4)cc3C(=O)N2C)O1. The van der Waals surface area contributed by atoms with Crippen LogP contribution in [0.4, 0.5) is 16.2 Å². The lowest BCUT2D eigenvalue weighted by molar-refractivity contribution is -0.151. The van der Waals surface area contributed by atoms with Crippen molar-refractivity contribution in [1.82, 2.24) is 4.90 Å². The fourth-order valence-corrected chi connectivity index (χ4v) is 4.19. The second-order valence-corrected chi connectivity index (χ2v) is 8.10. The maximum absolute atomic E-state index is 13.3. The normalized spacial score (nSPS) is 22.1. The highest BCUT2D eigenvalue weighted by Gasteiger charge is 2.39. The first-order valence-electron chi connectivity index (χ1n) is 10.8. The van der Waals surface area contributed by atoms with E-state index in [4.69, 9.17) is 14.2 Å². The number of hydrogen-bond acceptors (Lipinski definition) is 6. The molecule has 0 spiro atoms. The maximum Gasteiger partial charge on any atom is 0.323 e. The number of amides is 3. The number of urea groups is 1. The fraction of sp³-hybridized carbons (Fsp3) is 0.375. The number of nitrogens with zero attached hydrogens (tertiary/aromatic N) is 1. The smallest absolute Gasteiger partial charge is 0.323 e. The number of likely N-dealkylation sites (N-methyl/N-ethyl adjacent to an activating group) is 1. The first-order valence-corrected chi connectivity index (χ1v) is 10.8. The van der Waals surface area contributed by atoms with E-state index in [1.807, 2.05) is 18.2 Å². The summed E-state index contributed by atoms with van der Waals surface area (Å²) in [5.41, 5.74) is 1.50. The van der Waals surface area contributed by atoms with Crippen LogP contribution >= 0.6 is 0 Å². The predicted octanol–water partition coefficient (Wildman–Crippen LogP) is 3.27. The Morgan fingerprint density at radius 2 is 1.85 bits per heavy atom. The molecule has 2 aromatic carbocycles. The Balaban J connectivity index is 1.47. The van der Waals surface area contributed by atoms with Gasteiger partial charge in [0.2, 0.25) is 0 Å². The molecule has 2 N–H and O–H groups in total. The zero-order valence-electron chi connectivity index (χ0n) is 18.6. The number of para-hydroxylation sites is 1. The number of rotatable bonds is 4. The molecular weight excluding hydrogens is 426 g/mol. The van der Waals surface area contributed by atoms with Crippen molar-refractivity contribution in [3.8, 4) is 5.75 Å². The van der Waals surface area contributed by atoms with E-state index >= 15 is 0 Å². The number of esters is 1. The Bertz CT molecular complexity index is 1030. The minimum Gasteiger partial charge on any atom is -0.490 e. The number of methoxy groups -OCH3 is 1. The molecule has 2 aliphatic heterocycles. The third kappa shape index (κ3) is 5.25. The number of carbonyl (C=O) groups is 3. The molecule has 0 aromatic heterocycles. The molecule has 3 amide bonds. The summed E-state index contributed by atoms with van der Waals surface area (Å²) in [5.74, 6) is -0.129. The summed E-state index contributed by atoms with van der Waals surface area (Å²) in [6, 6.07) is 13.4. The molecule has 9 nitrogen and oxygen atoms in total. The average molecular weight is 453 g/mol. The van der Waals surface area contributed by atoms with E-state index in [-0.39, 0.29) is 43.2 Å². The van der Waals surface area contributed by atoms with Gasteiger partial charge in [-0.15, -0.1) is 0 Å². The lowest BCUT2D eigenvalue weighted by Crippen LogP contribution is -2.53. The summed E-state index contributed by atoms with van der Waals surface area (Å²) >= 11 is 0. The zero-order valence-corrected chi connectivity index (χ0v) is 18.6. The van der Waals surface area contributed by atoms with E-state index in [1.54, 1.807) is 42.3 Å². The van der Waals surface area contributed by atoms with Gasteiger partial charge in [0.05, 0.1) is 31.2 Å². The van der Waals surface area contributed by atoms with Gasteiger partial charge in [0.1, 0.15) is 18.5 Å².